The predicted molar refractivity (Wildman–Crippen MR) is 107 cm³/mol. The highest BCUT2D eigenvalue weighted by atomic mass is 32.1. The number of aromatic nitrogens is 1. The summed E-state index contributed by atoms with van der Waals surface area (Å²) in [5.41, 5.74) is 2.82. The van der Waals surface area contributed by atoms with Gasteiger partial charge in [-0.15, -0.1) is 22.7 Å². The molecule has 26 heavy (non-hydrogen) atoms. The fraction of sp³-hybridized carbons (Fsp3) is 0.158. The third-order valence-corrected chi connectivity index (χ3v) is 5.44. The van der Waals surface area contributed by atoms with Crippen LogP contribution in [0.3, 0.4) is 0 Å². The van der Waals surface area contributed by atoms with Crippen LogP contribution in [0, 0.1) is 6.92 Å². The van der Waals surface area contributed by atoms with E-state index in [1.54, 1.807) is 25.6 Å². The molecule has 7 heteroatoms. The smallest absolute Gasteiger partial charge is 0.250 e. The SMILES string of the molecule is COc1ccc(-c2csc(NC(=O)/C=C/c3sccc3C)n2)cc1OC. The van der Waals surface area contributed by atoms with Gasteiger partial charge in [0, 0.05) is 21.9 Å². The number of thiazole rings is 1. The minimum absolute atomic E-state index is 0.203. The summed E-state index contributed by atoms with van der Waals surface area (Å²) in [6, 6.07) is 7.62. The van der Waals surface area contributed by atoms with Gasteiger partial charge in [0.25, 0.3) is 0 Å². The van der Waals surface area contributed by atoms with E-state index in [1.807, 2.05) is 48.0 Å². The summed E-state index contributed by atoms with van der Waals surface area (Å²) < 4.78 is 10.6. The monoisotopic (exact) mass is 386 g/mol. The molecule has 1 amide bonds. The normalized spacial score (nSPS) is 10.9. The van der Waals surface area contributed by atoms with Gasteiger partial charge in [-0.25, -0.2) is 4.98 Å². The number of hydrogen-bond acceptors (Lipinski definition) is 6. The molecule has 0 aliphatic heterocycles. The van der Waals surface area contributed by atoms with E-state index >= 15 is 0 Å². The molecule has 1 N–H and O–H groups in total. The molecule has 0 aliphatic rings. The molecule has 1 aromatic carbocycles. The zero-order chi connectivity index (χ0) is 18.5. The second kappa shape index (κ2) is 8.16. The highest BCUT2D eigenvalue weighted by Crippen LogP contribution is 2.33. The van der Waals surface area contributed by atoms with E-state index in [9.17, 15) is 4.79 Å². The van der Waals surface area contributed by atoms with Crippen LogP contribution in [0.5, 0.6) is 11.5 Å². The van der Waals surface area contributed by atoms with Crippen molar-refractivity contribution in [3.8, 4) is 22.8 Å². The van der Waals surface area contributed by atoms with Crippen molar-refractivity contribution in [1.82, 2.24) is 4.98 Å². The lowest BCUT2D eigenvalue weighted by molar-refractivity contribution is -0.111. The molecule has 0 radical (unpaired) electrons. The van der Waals surface area contributed by atoms with Crippen LogP contribution in [-0.4, -0.2) is 25.1 Å². The number of ether oxygens (including phenoxy) is 2. The third kappa shape index (κ3) is 4.12. The van der Waals surface area contributed by atoms with E-state index in [0.29, 0.717) is 16.6 Å². The lowest BCUT2D eigenvalue weighted by Gasteiger charge is -2.08. The first-order chi connectivity index (χ1) is 12.6. The first-order valence-corrected chi connectivity index (χ1v) is 9.57. The van der Waals surface area contributed by atoms with E-state index in [0.717, 1.165) is 21.7 Å². The van der Waals surface area contributed by atoms with Gasteiger partial charge in [0.1, 0.15) is 0 Å². The fourth-order valence-electron chi connectivity index (χ4n) is 2.31. The number of benzene rings is 1. The number of nitrogens with zero attached hydrogens (tertiary/aromatic N) is 1. The van der Waals surface area contributed by atoms with Crippen molar-refractivity contribution in [2.24, 2.45) is 0 Å². The van der Waals surface area contributed by atoms with Crippen molar-refractivity contribution in [2.75, 3.05) is 19.5 Å². The van der Waals surface area contributed by atoms with Gasteiger partial charge in [-0.2, -0.15) is 0 Å². The Morgan fingerprint density at radius 3 is 2.65 bits per heavy atom. The number of methoxy groups -OCH3 is 2. The molecular formula is C19H18N2O3S2. The second-order valence-electron chi connectivity index (χ2n) is 5.40. The maximum Gasteiger partial charge on any atom is 0.250 e. The van der Waals surface area contributed by atoms with E-state index in [4.69, 9.17) is 9.47 Å². The van der Waals surface area contributed by atoms with Crippen molar-refractivity contribution in [3.63, 3.8) is 0 Å². The molecule has 3 rings (SSSR count). The lowest BCUT2D eigenvalue weighted by atomic mass is 10.1. The van der Waals surface area contributed by atoms with E-state index < -0.39 is 0 Å². The number of amides is 1. The zero-order valence-corrected chi connectivity index (χ0v) is 16.2. The molecule has 2 aromatic heterocycles. The van der Waals surface area contributed by atoms with Crippen LogP contribution in [0.4, 0.5) is 5.13 Å². The Hall–Kier alpha value is -2.64. The average molecular weight is 386 g/mol. The largest absolute Gasteiger partial charge is 0.493 e. The minimum Gasteiger partial charge on any atom is -0.493 e. The number of thiophene rings is 1. The summed E-state index contributed by atoms with van der Waals surface area (Å²) in [5.74, 6) is 1.10. The summed E-state index contributed by atoms with van der Waals surface area (Å²) >= 11 is 2.98. The zero-order valence-electron chi connectivity index (χ0n) is 14.6. The molecule has 0 fully saturated rings. The van der Waals surface area contributed by atoms with E-state index in [-0.39, 0.29) is 5.91 Å². The molecule has 0 unspecified atom stereocenters. The molecule has 0 saturated heterocycles. The summed E-state index contributed by atoms with van der Waals surface area (Å²) in [4.78, 5) is 17.6. The van der Waals surface area contributed by atoms with Crippen LogP contribution in [0.1, 0.15) is 10.4 Å². The summed E-state index contributed by atoms with van der Waals surface area (Å²) in [7, 11) is 3.19. The van der Waals surface area contributed by atoms with Crippen LogP contribution in [0.25, 0.3) is 17.3 Å². The molecule has 0 spiro atoms. The van der Waals surface area contributed by atoms with Gasteiger partial charge in [-0.3, -0.25) is 10.1 Å². The first kappa shape index (κ1) is 18.2. The standard InChI is InChI=1S/C19H18N2O3S2/c1-12-8-9-25-17(12)6-7-18(22)21-19-20-14(11-26-19)13-4-5-15(23-2)16(10-13)24-3/h4-11H,1-3H3,(H,20,21,22)/b7-6+. The summed E-state index contributed by atoms with van der Waals surface area (Å²) in [6.45, 7) is 2.02. The van der Waals surface area contributed by atoms with Gasteiger partial charge >= 0.3 is 0 Å². The van der Waals surface area contributed by atoms with Crippen LogP contribution in [0.15, 0.2) is 41.1 Å². The van der Waals surface area contributed by atoms with Gasteiger partial charge in [0.15, 0.2) is 16.6 Å². The third-order valence-electron chi connectivity index (χ3n) is 3.70. The van der Waals surface area contributed by atoms with Crippen molar-refractivity contribution in [2.45, 2.75) is 6.92 Å². The highest BCUT2D eigenvalue weighted by Gasteiger charge is 2.10. The summed E-state index contributed by atoms with van der Waals surface area (Å²) in [5, 5.41) is 7.24. The molecule has 0 saturated carbocycles. The number of carbonyl (C=O) groups excluding carboxylic acids is 1. The molecule has 3 aromatic rings. The quantitative estimate of drug-likeness (QED) is 0.615. The van der Waals surface area contributed by atoms with Gasteiger partial charge in [-0.1, -0.05) is 0 Å². The van der Waals surface area contributed by atoms with Gasteiger partial charge in [0.05, 0.1) is 19.9 Å². The second-order valence-corrected chi connectivity index (χ2v) is 7.20. The van der Waals surface area contributed by atoms with Crippen LogP contribution < -0.4 is 14.8 Å². The summed E-state index contributed by atoms with van der Waals surface area (Å²) in [6.07, 6.45) is 3.34. The number of rotatable bonds is 6. The highest BCUT2D eigenvalue weighted by molar-refractivity contribution is 7.14. The van der Waals surface area contributed by atoms with Gasteiger partial charge in [-0.05, 0) is 48.2 Å². The van der Waals surface area contributed by atoms with Crippen molar-refractivity contribution in [1.29, 1.82) is 0 Å². The molecule has 134 valence electrons. The van der Waals surface area contributed by atoms with Gasteiger partial charge < -0.3 is 9.47 Å². The number of carbonyl (C=O) groups is 1. The van der Waals surface area contributed by atoms with Crippen LogP contribution >= 0.6 is 22.7 Å². The van der Waals surface area contributed by atoms with E-state index in [2.05, 4.69) is 10.3 Å². The topological polar surface area (TPSA) is 60.5 Å². The molecule has 0 atom stereocenters. The van der Waals surface area contributed by atoms with E-state index in [1.165, 1.54) is 17.4 Å². The maximum absolute atomic E-state index is 12.1. The Labute approximate surface area is 159 Å². The Morgan fingerprint density at radius 1 is 1.15 bits per heavy atom. The fourth-order valence-corrected chi connectivity index (χ4v) is 3.85. The number of nitrogens with one attached hydrogen (secondary N) is 1. The maximum atomic E-state index is 12.1. The number of aryl methyl sites for hydroxylation is 1. The molecule has 2 heterocycles. The van der Waals surface area contributed by atoms with Crippen molar-refractivity contribution >= 4 is 39.8 Å². The van der Waals surface area contributed by atoms with Crippen LogP contribution in [-0.2, 0) is 4.79 Å². The Kier molecular flexibility index (Phi) is 5.70. The molecule has 0 aliphatic carbocycles. The molecule has 5 nitrogen and oxygen atoms in total. The van der Waals surface area contributed by atoms with Crippen molar-refractivity contribution < 1.29 is 14.3 Å². The Bertz CT molecular complexity index is 944. The number of anilines is 1. The van der Waals surface area contributed by atoms with Crippen molar-refractivity contribution in [3.05, 3.63) is 51.5 Å². The number of hydrogen-bond donors (Lipinski definition) is 1. The lowest BCUT2D eigenvalue weighted by Crippen LogP contribution is -2.07. The Morgan fingerprint density at radius 2 is 1.96 bits per heavy atom. The minimum atomic E-state index is -0.203. The first-order valence-electron chi connectivity index (χ1n) is 7.82. The van der Waals surface area contributed by atoms with Gasteiger partial charge in [0.2, 0.25) is 5.91 Å². The Balaban J connectivity index is 1.71. The average Bonchev–Trinajstić information content (AvgIpc) is 3.28. The molecular weight excluding hydrogens is 368 g/mol. The predicted octanol–water partition coefficient (Wildman–Crippen LogP) is 4.85. The van der Waals surface area contributed by atoms with Crippen LogP contribution in [0.2, 0.25) is 0 Å². The molecule has 0 bridgehead atoms.